The Labute approximate surface area is 148 Å². The van der Waals surface area contributed by atoms with Gasteiger partial charge in [-0.15, -0.1) is 0 Å². The SMILES string of the molecule is COc1ccc(OC)c([C@H]2C[C@@H]2C(=O)Nc2cnn(C(C)(C)C)c2)c1. The maximum atomic E-state index is 12.6. The van der Waals surface area contributed by atoms with Crippen molar-refractivity contribution in [2.75, 3.05) is 19.5 Å². The Morgan fingerprint density at radius 2 is 2.04 bits per heavy atom. The van der Waals surface area contributed by atoms with E-state index < -0.39 is 0 Å². The minimum Gasteiger partial charge on any atom is -0.497 e. The lowest BCUT2D eigenvalue weighted by Gasteiger charge is -2.18. The molecule has 0 unspecified atom stereocenters. The van der Waals surface area contributed by atoms with Crippen LogP contribution in [0.3, 0.4) is 0 Å². The van der Waals surface area contributed by atoms with Crippen LogP contribution >= 0.6 is 0 Å². The van der Waals surface area contributed by atoms with Crippen molar-refractivity contribution in [1.29, 1.82) is 0 Å². The Morgan fingerprint density at radius 3 is 2.64 bits per heavy atom. The highest BCUT2D eigenvalue weighted by Gasteiger charge is 2.45. The number of ether oxygens (including phenoxy) is 2. The number of benzene rings is 1. The highest BCUT2D eigenvalue weighted by Crippen LogP contribution is 2.51. The summed E-state index contributed by atoms with van der Waals surface area (Å²) in [5.74, 6) is 1.68. The summed E-state index contributed by atoms with van der Waals surface area (Å²) in [6.07, 6.45) is 4.36. The van der Waals surface area contributed by atoms with Gasteiger partial charge in [-0.05, 0) is 45.4 Å². The molecule has 1 saturated carbocycles. The van der Waals surface area contributed by atoms with Gasteiger partial charge in [0.05, 0.1) is 31.6 Å². The third kappa shape index (κ3) is 3.62. The number of hydrogen-bond donors (Lipinski definition) is 1. The fourth-order valence-corrected chi connectivity index (χ4v) is 2.95. The van der Waals surface area contributed by atoms with Crippen LogP contribution in [0.2, 0.25) is 0 Å². The van der Waals surface area contributed by atoms with Gasteiger partial charge in [-0.1, -0.05) is 0 Å². The number of rotatable bonds is 5. The molecule has 6 nitrogen and oxygen atoms in total. The number of methoxy groups -OCH3 is 2. The molecule has 1 aromatic heterocycles. The van der Waals surface area contributed by atoms with Crippen molar-refractivity contribution in [3.8, 4) is 11.5 Å². The Hall–Kier alpha value is -2.50. The van der Waals surface area contributed by atoms with E-state index in [4.69, 9.17) is 9.47 Å². The lowest BCUT2D eigenvalue weighted by molar-refractivity contribution is -0.117. The van der Waals surface area contributed by atoms with Crippen molar-refractivity contribution < 1.29 is 14.3 Å². The topological polar surface area (TPSA) is 65.4 Å². The zero-order valence-electron chi connectivity index (χ0n) is 15.4. The lowest BCUT2D eigenvalue weighted by atomic mass is 10.1. The first-order valence-corrected chi connectivity index (χ1v) is 8.41. The van der Waals surface area contributed by atoms with E-state index in [9.17, 15) is 4.79 Å². The molecular formula is C19H25N3O3. The summed E-state index contributed by atoms with van der Waals surface area (Å²) < 4.78 is 12.6. The van der Waals surface area contributed by atoms with Crippen LogP contribution in [0.1, 0.15) is 38.7 Å². The van der Waals surface area contributed by atoms with Crippen molar-refractivity contribution in [3.63, 3.8) is 0 Å². The summed E-state index contributed by atoms with van der Waals surface area (Å²) in [7, 11) is 3.28. The van der Waals surface area contributed by atoms with Crippen molar-refractivity contribution >= 4 is 11.6 Å². The van der Waals surface area contributed by atoms with E-state index in [2.05, 4.69) is 31.2 Å². The molecule has 2 aromatic rings. The Kier molecular flexibility index (Phi) is 4.45. The first kappa shape index (κ1) is 17.3. The zero-order valence-corrected chi connectivity index (χ0v) is 15.4. The first-order chi connectivity index (χ1) is 11.8. The van der Waals surface area contributed by atoms with Crippen LogP contribution in [-0.2, 0) is 10.3 Å². The Balaban J connectivity index is 1.69. The monoisotopic (exact) mass is 343 g/mol. The van der Waals surface area contributed by atoms with E-state index >= 15 is 0 Å². The fourth-order valence-electron chi connectivity index (χ4n) is 2.95. The third-order valence-corrected chi connectivity index (χ3v) is 4.50. The normalized spacial score (nSPS) is 19.4. The second-order valence-electron chi connectivity index (χ2n) is 7.39. The van der Waals surface area contributed by atoms with E-state index in [0.717, 1.165) is 29.2 Å². The number of nitrogens with one attached hydrogen (secondary N) is 1. The van der Waals surface area contributed by atoms with Gasteiger partial charge in [0.15, 0.2) is 0 Å². The Bertz CT molecular complexity index is 776. The molecule has 0 radical (unpaired) electrons. The second-order valence-corrected chi connectivity index (χ2v) is 7.39. The van der Waals surface area contributed by atoms with Crippen LogP contribution in [-0.4, -0.2) is 29.9 Å². The number of hydrogen-bond acceptors (Lipinski definition) is 4. The van der Waals surface area contributed by atoms with Gasteiger partial charge in [-0.3, -0.25) is 9.48 Å². The fraction of sp³-hybridized carbons (Fsp3) is 0.474. The number of carbonyl (C=O) groups is 1. The van der Waals surface area contributed by atoms with Gasteiger partial charge in [0, 0.05) is 23.6 Å². The molecule has 1 amide bonds. The maximum absolute atomic E-state index is 12.6. The van der Waals surface area contributed by atoms with E-state index in [0.29, 0.717) is 0 Å². The van der Waals surface area contributed by atoms with Gasteiger partial charge >= 0.3 is 0 Å². The van der Waals surface area contributed by atoms with Crippen molar-refractivity contribution in [2.24, 2.45) is 5.92 Å². The van der Waals surface area contributed by atoms with E-state index in [1.165, 1.54) is 0 Å². The first-order valence-electron chi connectivity index (χ1n) is 8.41. The average Bonchev–Trinajstić information content (AvgIpc) is 3.24. The van der Waals surface area contributed by atoms with E-state index in [-0.39, 0.29) is 23.3 Å². The number of nitrogens with zero attached hydrogens (tertiary/aromatic N) is 2. The molecule has 0 aliphatic heterocycles. The number of aromatic nitrogens is 2. The molecule has 0 saturated heterocycles. The molecule has 134 valence electrons. The summed E-state index contributed by atoms with van der Waals surface area (Å²) >= 11 is 0. The van der Waals surface area contributed by atoms with Gasteiger partial charge in [-0.2, -0.15) is 5.10 Å². The molecule has 1 aliphatic carbocycles. The second kappa shape index (κ2) is 6.43. The maximum Gasteiger partial charge on any atom is 0.228 e. The van der Waals surface area contributed by atoms with Gasteiger partial charge in [0.1, 0.15) is 11.5 Å². The highest BCUT2D eigenvalue weighted by atomic mass is 16.5. The van der Waals surface area contributed by atoms with Crippen LogP contribution in [0.4, 0.5) is 5.69 Å². The van der Waals surface area contributed by atoms with Gasteiger partial charge in [-0.25, -0.2) is 0 Å². The molecule has 3 rings (SSSR count). The van der Waals surface area contributed by atoms with E-state index in [1.54, 1.807) is 20.4 Å². The zero-order chi connectivity index (χ0) is 18.2. The van der Waals surface area contributed by atoms with Crippen LogP contribution in [0.5, 0.6) is 11.5 Å². The third-order valence-electron chi connectivity index (χ3n) is 4.50. The smallest absolute Gasteiger partial charge is 0.228 e. The quantitative estimate of drug-likeness (QED) is 0.904. The predicted molar refractivity (Wildman–Crippen MR) is 96.2 cm³/mol. The summed E-state index contributed by atoms with van der Waals surface area (Å²) in [5, 5.41) is 7.28. The standard InChI is InChI=1S/C19H25N3O3/c1-19(2,3)22-11-12(10-20-22)21-18(23)16-9-14(16)15-8-13(24-4)6-7-17(15)25-5/h6-8,10-11,14,16H,9H2,1-5H3,(H,21,23)/t14-,16+/m1/s1. The molecule has 0 bridgehead atoms. The van der Waals surface area contributed by atoms with Crippen LogP contribution in [0, 0.1) is 5.92 Å². The molecule has 0 spiro atoms. The van der Waals surface area contributed by atoms with Crippen molar-refractivity contribution in [2.45, 2.75) is 38.6 Å². The minimum atomic E-state index is -0.112. The predicted octanol–water partition coefficient (Wildman–Crippen LogP) is 3.40. The summed E-state index contributed by atoms with van der Waals surface area (Å²) in [6.45, 7) is 6.20. The van der Waals surface area contributed by atoms with Gasteiger partial charge in [0.25, 0.3) is 0 Å². The summed E-state index contributed by atoms with van der Waals surface area (Å²) in [6, 6.07) is 5.70. The summed E-state index contributed by atoms with van der Waals surface area (Å²) in [5.41, 5.74) is 1.63. The minimum absolute atomic E-state index is 0.0170. The molecule has 1 heterocycles. The number of anilines is 1. The van der Waals surface area contributed by atoms with Gasteiger partial charge in [0.2, 0.25) is 5.91 Å². The van der Waals surface area contributed by atoms with Crippen molar-refractivity contribution in [1.82, 2.24) is 9.78 Å². The summed E-state index contributed by atoms with van der Waals surface area (Å²) in [4.78, 5) is 12.6. The highest BCUT2D eigenvalue weighted by molar-refractivity contribution is 5.95. The molecule has 1 fully saturated rings. The largest absolute Gasteiger partial charge is 0.497 e. The molecular weight excluding hydrogens is 318 g/mol. The Morgan fingerprint density at radius 1 is 1.28 bits per heavy atom. The van der Waals surface area contributed by atoms with E-state index in [1.807, 2.05) is 29.1 Å². The molecule has 2 atom stereocenters. The van der Waals surface area contributed by atoms with Crippen LogP contribution < -0.4 is 14.8 Å². The van der Waals surface area contributed by atoms with Crippen LogP contribution in [0.15, 0.2) is 30.6 Å². The number of amides is 1. The molecule has 1 aliphatic rings. The average molecular weight is 343 g/mol. The molecule has 1 N–H and O–H groups in total. The molecule has 25 heavy (non-hydrogen) atoms. The molecule has 1 aromatic carbocycles. The van der Waals surface area contributed by atoms with Crippen LogP contribution in [0.25, 0.3) is 0 Å². The lowest BCUT2D eigenvalue weighted by Crippen LogP contribution is -2.22. The molecule has 6 heteroatoms. The van der Waals surface area contributed by atoms with Gasteiger partial charge < -0.3 is 14.8 Å². The van der Waals surface area contributed by atoms with Crippen molar-refractivity contribution in [3.05, 3.63) is 36.2 Å². The number of carbonyl (C=O) groups excluding carboxylic acids is 1.